The predicted molar refractivity (Wildman–Crippen MR) is 125 cm³/mol. The molecule has 1 fully saturated rings. The van der Waals surface area contributed by atoms with Gasteiger partial charge in [-0.25, -0.2) is 18.6 Å². The monoisotopic (exact) mass is 462 g/mol. The molecule has 10 heteroatoms. The van der Waals surface area contributed by atoms with E-state index in [1.165, 1.54) is 12.4 Å². The SMILES string of the molecule is Cc1cc2c(F)c(Oc3ncnc(Nc4ccc(N5CCCS5=O)cc4)c3C#N)ccc2[nH]1. The predicted octanol–water partition coefficient (Wildman–Crippen LogP) is 4.69. The number of nitriles is 1. The Balaban J connectivity index is 1.41. The standard InChI is InChI=1S/C23H19FN6O2S/c1-14-11-17-19(28-14)7-8-20(21(17)24)32-23-18(12-25)22(26-13-27-23)29-15-3-5-16(6-4-15)30-9-2-10-33(30)31/h3-8,11,13,28H,2,9-10H2,1H3,(H,26,27,29). The number of aromatic nitrogens is 3. The summed E-state index contributed by atoms with van der Waals surface area (Å²) in [4.78, 5) is 11.3. The topological polar surface area (TPSA) is 107 Å². The minimum Gasteiger partial charge on any atom is -0.434 e. The molecule has 2 aromatic carbocycles. The fraction of sp³-hybridized carbons (Fsp3) is 0.174. The van der Waals surface area contributed by atoms with E-state index in [9.17, 15) is 13.9 Å². The summed E-state index contributed by atoms with van der Waals surface area (Å²) < 4.78 is 34.5. The number of H-pyrrole nitrogens is 1. The minimum absolute atomic E-state index is 0.0365. The number of anilines is 3. The molecule has 166 valence electrons. The fourth-order valence-corrected chi connectivity index (χ4v) is 5.04. The summed E-state index contributed by atoms with van der Waals surface area (Å²) in [5.41, 5.74) is 3.08. The molecule has 2 aromatic heterocycles. The van der Waals surface area contributed by atoms with Gasteiger partial charge in [0.05, 0.1) is 0 Å². The number of hydrogen-bond acceptors (Lipinski definition) is 6. The molecule has 0 radical (unpaired) electrons. The third-order valence-electron chi connectivity index (χ3n) is 5.31. The first-order chi connectivity index (χ1) is 16.0. The second-order valence-corrected chi connectivity index (χ2v) is 9.05. The van der Waals surface area contributed by atoms with Gasteiger partial charge in [0.15, 0.2) is 22.9 Å². The summed E-state index contributed by atoms with van der Waals surface area (Å²) in [5.74, 6) is 0.282. The summed E-state index contributed by atoms with van der Waals surface area (Å²) in [5, 5.41) is 13.2. The highest BCUT2D eigenvalue weighted by Gasteiger charge is 2.21. The summed E-state index contributed by atoms with van der Waals surface area (Å²) >= 11 is 0. The first kappa shape index (κ1) is 20.9. The van der Waals surface area contributed by atoms with Crippen LogP contribution in [-0.4, -0.2) is 31.5 Å². The lowest BCUT2D eigenvalue weighted by atomic mass is 10.2. The lowest BCUT2D eigenvalue weighted by Gasteiger charge is -2.16. The smallest absolute Gasteiger partial charge is 0.242 e. The van der Waals surface area contributed by atoms with Crippen LogP contribution in [0.4, 0.5) is 21.6 Å². The maximum Gasteiger partial charge on any atom is 0.242 e. The van der Waals surface area contributed by atoms with E-state index in [2.05, 4.69) is 20.3 Å². The number of nitrogens with zero attached hydrogens (tertiary/aromatic N) is 4. The number of aryl methyl sites for hydroxylation is 1. The zero-order chi connectivity index (χ0) is 22.9. The largest absolute Gasteiger partial charge is 0.434 e. The molecular formula is C23H19FN6O2S. The van der Waals surface area contributed by atoms with Crippen LogP contribution in [0.3, 0.4) is 0 Å². The number of hydrogen-bond donors (Lipinski definition) is 2. The number of halogens is 1. The van der Waals surface area contributed by atoms with Crippen molar-refractivity contribution >= 4 is 39.1 Å². The Bertz CT molecular complexity index is 1410. The van der Waals surface area contributed by atoms with Crippen molar-refractivity contribution in [2.75, 3.05) is 21.9 Å². The average Bonchev–Trinajstić information content (AvgIpc) is 3.42. The maximum atomic E-state index is 14.9. The molecule has 0 spiro atoms. The van der Waals surface area contributed by atoms with Crippen LogP contribution in [0.5, 0.6) is 11.6 Å². The van der Waals surface area contributed by atoms with Crippen LogP contribution in [0.25, 0.3) is 10.9 Å². The second-order valence-electron chi connectivity index (χ2n) is 7.56. The van der Waals surface area contributed by atoms with Gasteiger partial charge in [0, 0.05) is 40.3 Å². The molecule has 3 heterocycles. The molecular weight excluding hydrogens is 443 g/mol. The molecule has 33 heavy (non-hydrogen) atoms. The normalized spacial score (nSPS) is 15.5. The van der Waals surface area contributed by atoms with Gasteiger partial charge in [0.2, 0.25) is 5.88 Å². The zero-order valence-corrected chi connectivity index (χ0v) is 18.4. The van der Waals surface area contributed by atoms with E-state index in [1.807, 2.05) is 41.6 Å². The van der Waals surface area contributed by atoms with Crippen LogP contribution in [-0.2, 0) is 11.0 Å². The van der Waals surface area contributed by atoms with Gasteiger partial charge in [-0.2, -0.15) is 5.26 Å². The van der Waals surface area contributed by atoms with Crippen molar-refractivity contribution in [3.05, 3.63) is 65.9 Å². The highest BCUT2D eigenvalue weighted by atomic mass is 32.2. The summed E-state index contributed by atoms with van der Waals surface area (Å²) in [6.45, 7) is 2.60. The van der Waals surface area contributed by atoms with Gasteiger partial charge in [0.25, 0.3) is 0 Å². The van der Waals surface area contributed by atoms with Gasteiger partial charge in [-0.1, -0.05) is 0 Å². The summed E-state index contributed by atoms with van der Waals surface area (Å²) in [7, 11) is -0.993. The van der Waals surface area contributed by atoms with Crippen LogP contribution in [0, 0.1) is 24.1 Å². The van der Waals surface area contributed by atoms with Crippen molar-refractivity contribution in [1.29, 1.82) is 5.26 Å². The minimum atomic E-state index is -0.993. The molecule has 0 bridgehead atoms. The van der Waals surface area contributed by atoms with Crippen molar-refractivity contribution in [2.24, 2.45) is 0 Å². The van der Waals surface area contributed by atoms with E-state index in [-0.39, 0.29) is 23.0 Å². The van der Waals surface area contributed by atoms with Crippen LogP contribution >= 0.6 is 0 Å². The Morgan fingerprint density at radius 1 is 1.24 bits per heavy atom. The molecule has 1 atom stereocenters. The van der Waals surface area contributed by atoms with E-state index in [4.69, 9.17) is 4.74 Å². The number of benzene rings is 2. The van der Waals surface area contributed by atoms with Gasteiger partial charge >= 0.3 is 0 Å². The Morgan fingerprint density at radius 3 is 2.79 bits per heavy atom. The molecule has 1 unspecified atom stereocenters. The molecule has 8 nitrogen and oxygen atoms in total. The third-order valence-corrected chi connectivity index (χ3v) is 6.83. The Morgan fingerprint density at radius 2 is 2.06 bits per heavy atom. The van der Waals surface area contributed by atoms with Crippen LogP contribution in [0.2, 0.25) is 0 Å². The zero-order valence-electron chi connectivity index (χ0n) is 17.6. The van der Waals surface area contributed by atoms with Gasteiger partial charge in [0.1, 0.15) is 23.4 Å². The molecule has 5 rings (SSSR count). The van der Waals surface area contributed by atoms with Crippen molar-refractivity contribution in [2.45, 2.75) is 13.3 Å². The fourth-order valence-electron chi connectivity index (χ4n) is 3.75. The van der Waals surface area contributed by atoms with Gasteiger partial charge in [-0.05, 0) is 55.8 Å². The van der Waals surface area contributed by atoms with Crippen LogP contribution < -0.4 is 14.4 Å². The molecule has 2 N–H and O–H groups in total. The molecule has 1 saturated heterocycles. The van der Waals surface area contributed by atoms with Crippen molar-refractivity contribution < 1.29 is 13.3 Å². The van der Waals surface area contributed by atoms with E-state index in [0.717, 1.165) is 24.3 Å². The first-order valence-corrected chi connectivity index (χ1v) is 11.5. The lowest BCUT2D eigenvalue weighted by Crippen LogP contribution is -2.19. The highest BCUT2D eigenvalue weighted by molar-refractivity contribution is 7.86. The maximum absolute atomic E-state index is 14.9. The van der Waals surface area contributed by atoms with Crippen molar-refractivity contribution in [3.63, 3.8) is 0 Å². The molecule has 1 aliphatic rings. The molecule has 0 aliphatic carbocycles. The summed E-state index contributed by atoms with van der Waals surface area (Å²) in [6.07, 6.45) is 2.15. The number of fused-ring (bicyclic) bond motifs is 1. The van der Waals surface area contributed by atoms with E-state index in [1.54, 1.807) is 12.1 Å². The van der Waals surface area contributed by atoms with Crippen molar-refractivity contribution in [3.8, 4) is 17.7 Å². The second kappa shape index (κ2) is 8.52. The highest BCUT2D eigenvalue weighted by Crippen LogP contribution is 2.33. The molecule has 4 aromatic rings. The number of rotatable bonds is 5. The number of nitrogens with one attached hydrogen (secondary N) is 2. The first-order valence-electron chi connectivity index (χ1n) is 10.3. The van der Waals surface area contributed by atoms with Crippen LogP contribution in [0.1, 0.15) is 17.7 Å². The van der Waals surface area contributed by atoms with Crippen LogP contribution in [0.15, 0.2) is 48.8 Å². The quantitative estimate of drug-likeness (QED) is 0.446. The molecule has 0 amide bonds. The summed E-state index contributed by atoms with van der Waals surface area (Å²) in [6, 6.07) is 14.3. The third kappa shape index (κ3) is 3.99. The Hall–Kier alpha value is -3.97. The number of aromatic amines is 1. The van der Waals surface area contributed by atoms with E-state index >= 15 is 0 Å². The van der Waals surface area contributed by atoms with Gasteiger partial charge in [-0.3, -0.25) is 4.31 Å². The average molecular weight is 463 g/mol. The number of ether oxygens (including phenoxy) is 1. The molecule has 1 aliphatic heterocycles. The Labute approximate surface area is 191 Å². The van der Waals surface area contributed by atoms with E-state index < -0.39 is 16.8 Å². The van der Waals surface area contributed by atoms with Gasteiger partial charge < -0.3 is 15.0 Å². The van der Waals surface area contributed by atoms with Gasteiger partial charge in [-0.15, -0.1) is 0 Å². The molecule has 0 saturated carbocycles. The van der Waals surface area contributed by atoms with E-state index in [0.29, 0.717) is 22.3 Å². The van der Waals surface area contributed by atoms with Crippen molar-refractivity contribution in [1.82, 2.24) is 15.0 Å². The Kier molecular flexibility index (Phi) is 5.40. The lowest BCUT2D eigenvalue weighted by molar-refractivity contribution is 0.428.